The lowest BCUT2D eigenvalue weighted by atomic mass is 10.0. The molecule has 0 radical (unpaired) electrons. The minimum absolute atomic E-state index is 0.225. The third kappa shape index (κ3) is 6.16. The van der Waals surface area contributed by atoms with Crippen molar-refractivity contribution in [1.29, 1.82) is 0 Å². The van der Waals surface area contributed by atoms with E-state index < -0.39 is 0 Å². The second-order valence-corrected chi connectivity index (χ2v) is 8.28. The third-order valence-corrected chi connectivity index (χ3v) is 5.60. The number of anilines is 1. The van der Waals surface area contributed by atoms with E-state index in [9.17, 15) is 4.79 Å². The Balaban J connectivity index is 1.60. The Labute approximate surface area is 179 Å². The van der Waals surface area contributed by atoms with Crippen LogP contribution in [-0.2, 0) is 17.6 Å². The second kappa shape index (κ2) is 10.4. The summed E-state index contributed by atoms with van der Waals surface area (Å²) >= 11 is 0. The maximum atomic E-state index is 12.9. The van der Waals surface area contributed by atoms with E-state index in [1.807, 2.05) is 54.2 Å². The number of methoxy groups -OCH3 is 1. The average molecular weight is 412 g/mol. The van der Waals surface area contributed by atoms with Crippen molar-refractivity contribution in [3.8, 4) is 5.75 Å². The highest BCUT2D eigenvalue weighted by Gasteiger charge is 2.24. The summed E-state index contributed by atoms with van der Waals surface area (Å²) in [6.07, 6.45) is 3.75. The molecule has 162 valence electrons. The van der Waals surface area contributed by atoms with Gasteiger partial charge in [-0.15, -0.1) is 0 Å². The van der Waals surface area contributed by atoms with Crippen LogP contribution < -0.4 is 9.64 Å². The Morgan fingerprint density at radius 1 is 1.17 bits per heavy atom. The fourth-order valence-corrected chi connectivity index (χ4v) is 3.88. The number of ether oxygens (including phenoxy) is 1. The van der Waals surface area contributed by atoms with Crippen LogP contribution in [0.2, 0.25) is 0 Å². The molecule has 0 aliphatic carbocycles. The van der Waals surface area contributed by atoms with Gasteiger partial charge >= 0.3 is 0 Å². The molecule has 1 amide bonds. The number of nitrogens with zero attached hydrogens (tertiary/aromatic N) is 5. The fraction of sp³-hybridized carbons (Fsp3) is 0.522. The fourth-order valence-electron chi connectivity index (χ4n) is 3.88. The van der Waals surface area contributed by atoms with Gasteiger partial charge in [0, 0.05) is 58.5 Å². The SMILES string of the molecule is COc1ccc(CCC(=O)N2CCN(C)C[C@@H](Cc3cc(N(C)C)ncn3)C2)cc1. The Bertz CT molecular complexity index is 825. The minimum atomic E-state index is 0.225. The molecule has 3 rings (SSSR count). The molecule has 1 aliphatic heterocycles. The molecule has 1 saturated heterocycles. The quantitative estimate of drug-likeness (QED) is 0.696. The first kappa shape index (κ1) is 22.0. The molecule has 0 spiro atoms. The van der Waals surface area contributed by atoms with Gasteiger partial charge in [-0.05, 0) is 43.5 Å². The van der Waals surface area contributed by atoms with E-state index in [1.54, 1.807) is 13.4 Å². The molecule has 1 fully saturated rings. The van der Waals surface area contributed by atoms with Crippen LogP contribution in [0.3, 0.4) is 0 Å². The van der Waals surface area contributed by atoms with E-state index >= 15 is 0 Å². The van der Waals surface area contributed by atoms with Crippen molar-refractivity contribution in [2.75, 3.05) is 59.3 Å². The summed E-state index contributed by atoms with van der Waals surface area (Å²) in [6.45, 7) is 3.41. The third-order valence-electron chi connectivity index (χ3n) is 5.60. The van der Waals surface area contributed by atoms with Crippen LogP contribution in [0.4, 0.5) is 5.82 Å². The van der Waals surface area contributed by atoms with Gasteiger partial charge < -0.3 is 19.4 Å². The van der Waals surface area contributed by atoms with Crippen molar-refractivity contribution in [3.05, 3.63) is 47.9 Å². The maximum Gasteiger partial charge on any atom is 0.222 e. The van der Waals surface area contributed by atoms with E-state index in [4.69, 9.17) is 4.74 Å². The average Bonchev–Trinajstić information content (AvgIpc) is 2.93. The lowest BCUT2D eigenvalue weighted by Gasteiger charge is -2.24. The van der Waals surface area contributed by atoms with Crippen LogP contribution in [0.5, 0.6) is 5.75 Å². The standard InChI is InChI=1S/C23H33N5O2/c1-26(2)22-14-20(24-17-25-22)13-19-15-27(3)11-12-28(16-19)23(29)10-7-18-5-8-21(30-4)9-6-18/h5-6,8-9,14,17,19H,7,10-13,15-16H2,1-4H3/t19-/m1/s1. The summed E-state index contributed by atoms with van der Waals surface area (Å²) in [5.74, 6) is 2.33. The molecule has 0 unspecified atom stereocenters. The van der Waals surface area contributed by atoms with Crippen molar-refractivity contribution in [2.24, 2.45) is 5.92 Å². The van der Waals surface area contributed by atoms with Crippen molar-refractivity contribution in [3.63, 3.8) is 0 Å². The van der Waals surface area contributed by atoms with Crippen LogP contribution in [-0.4, -0.2) is 80.1 Å². The second-order valence-electron chi connectivity index (χ2n) is 8.28. The zero-order valence-electron chi connectivity index (χ0n) is 18.5. The Kier molecular flexibility index (Phi) is 7.63. The van der Waals surface area contributed by atoms with Gasteiger partial charge in [-0.3, -0.25) is 4.79 Å². The molecule has 0 bridgehead atoms. The number of hydrogen-bond donors (Lipinski definition) is 0. The lowest BCUT2D eigenvalue weighted by Crippen LogP contribution is -2.36. The molecule has 1 atom stereocenters. The highest BCUT2D eigenvalue weighted by molar-refractivity contribution is 5.76. The summed E-state index contributed by atoms with van der Waals surface area (Å²) < 4.78 is 5.20. The van der Waals surface area contributed by atoms with E-state index in [0.29, 0.717) is 12.3 Å². The van der Waals surface area contributed by atoms with Crippen LogP contribution in [0, 0.1) is 5.92 Å². The summed E-state index contributed by atoms with van der Waals surface area (Å²) in [5.41, 5.74) is 2.18. The molecular weight excluding hydrogens is 378 g/mol. The number of carbonyl (C=O) groups is 1. The van der Waals surface area contributed by atoms with Crippen LogP contribution in [0.25, 0.3) is 0 Å². The first-order valence-electron chi connectivity index (χ1n) is 10.5. The predicted molar refractivity (Wildman–Crippen MR) is 119 cm³/mol. The van der Waals surface area contributed by atoms with E-state index in [-0.39, 0.29) is 5.91 Å². The Morgan fingerprint density at radius 2 is 1.93 bits per heavy atom. The highest BCUT2D eigenvalue weighted by atomic mass is 16.5. The number of amides is 1. The number of rotatable bonds is 7. The lowest BCUT2D eigenvalue weighted by molar-refractivity contribution is -0.131. The van der Waals surface area contributed by atoms with Gasteiger partial charge in [-0.1, -0.05) is 12.1 Å². The van der Waals surface area contributed by atoms with Crippen LogP contribution >= 0.6 is 0 Å². The number of aromatic nitrogens is 2. The largest absolute Gasteiger partial charge is 0.497 e. The van der Waals surface area contributed by atoms with E-state index in [2.05, 4.69) is 21.9 Å². The molecular formula is C23H33N5O2. The predicted octanol–water partition coefficient (Wildman–Crippen LogP) is 2.12. The highest BCUT2D eigenvalue weighted by Crippen LogP contribution is 2.18. The van der Waals surface area contributed by atoms with E-state index in [0.717, 1.165) is 61.8 Å². The molecule has 1 aromatic heterocycles. The first-order valence-corrected chi connectivity index (χ1v) is 10.5. The Hall–Kier alpha value is -2.67. The summed E-state index contributed by atoms with van der Waals surface area (Å²) in [4.78, 5) is 28.0. The minimum Gasteiger partial charge on any atom is -0.497 e. The van der Waals surface area contributed by atoms with Gasteiger partial charge in [0.25, 0.3) is 0 Å². The number of likely N-dealkylation sites (N-methyl/N-ethyl adjacent to an activating group) is 1. The van der Waals surface area contributed by atoms with Gasteiger partial charge in [0.15, 0.2) is 0 Å². The molecule has 0 saturated carbocycles. The molecule has 7 heteroatoms. The number of carbonyl (C=O) groups excluding carboxylic acids is 1. The summed E-state index contributed by atoms with van der Waals surface area (Å²) in [6, 6.07) is 9.99. The number of hydrogen-bond acceptors (Lipinski definition) is 6. The Morgan fingerprint density at radius 3 is 2.63 bits per heavy atom. The molecule has 30 heavy (non-hydrogen) atoms. The first-order chi connectivity index (χ1) is 14.4. The topological polar surface area (TPSA) is 61.8 Å². The molecule has 2 aromatic rings. The molecule has 7 nitrogen and oxygen atoms in total. The van der Waals surface area contributed by atoms with Gasteiger partial charge in [0.2, 0.25) is 5.91 Å². The van der Waals surface area contributed by atoms with Gasteiger partial charge in [0.1, 0.15) is 17.9 Å². The number of aryl methyl sites for hydroxylation is 1. The van der Waals surface area contributed by atoms with Crippen LogP contribution in [0.15, 0.2) is 36.7 Å². The van der Waals surface area contributed by atoms with E-state index in [1.165, 1.54) is 0 Å². The molecule has 0 N–H and O–H groups in total. The number of benzene rings is 1. The molecule has 2 heterocycles. The van der Waals surface area contributed by atoms with Crippen molar-refractivity contribution >= 4 is 11.7 Å². The zero-order chi connectivity index (χ0) is 21.5. The van der Waals surface area contributed by atoms with Crippen molar-refractivity contribution < 1.29 is 9.53 Å². The van der Waals surface area contributed by atoms with Gasteiger partial charge in [-0.25, -0.2) is 9.97 Å². The van der Waals surface area contributed by atoms with Gasteiger partial charge in [-0.2, -0.15) is 0 Å². The molecule has 1 aromatic carbocycles. The summed E-state index contributed by atoms with van der Waals surface area (Å²) in [7, 11) is 7.75. The van der Waals surface area contributed by atoms with Crippen molar-refractivity contribution in [2.45, 2.75) is 19.3 Å². The smallest absolute Gasteiger partial charge is 0.222 e. The van der Waals surface area contributed by atoms with Gasteiger partial charge in [0.05, 0.1) is 7.11 Å². The summed E-state index contributed by atoms with van der Waals surface area (Å²) in [5, 5.41) is 0. The maximum absolute atomic E-state index is 12.9. The van der Waals surface area contributed by atoms with Crippen molar-refractivity contribution in [1.82, 2.24) is 19.8 Å². The monoisotopic (exact) mass is 411 g/mol. The zero-order valence-corrected chi connectivity index (χ0v) is 18.5. The molecule has 1 aliphatic rings. The van der Waals surface area contributed by atoms with Crippen LogP contribution in [0.1, 0.15) is 17.7 Å². The normalized spacial score (nSPS) is 17.5.